The van der Waals surface area contributed by atoms with Gasteiger partial charge in [0, 0.05) is 31.7 Å². The van der Waals surface area contributed by atoms with Crippen LogP contribution < -0.4 is 5.32 Å². The van der Waals surface area contributed by atoms with Crippen LogP contribution in [0.3, 0.4) is 0 Å². The predicted octanol–water partition coefficient (Wildman–Crippen LogP) is 1.53. The van der Waals surface area contributed by atoms with Gasteiger partial charge in [-0.15, -0.1) is 24.8 Å². The minimum Gasteiger partial charge on any atom is -0.312 e. The average molecular weight is 215 g/mol. The molecule has 0 spiro atoms. The van der Waals surface area contributed by atoms with E-state index in [1.807, 2.05) is 0 Å². The third-order valence-electron chi connectivity index (χ3n) is 2.13. The molecule has 1 aliphatic heterocycles. The molecule has 0 unspecified atom stereocenters. The van der Waals surface area contributed by atoms with Gasteiger partial charge in [0.2, 0.25) is 0 Å². The van der Waals surface area contributed by atoms with Gasteiger partial charge in [0.25, 0.3) is 0 Å². The van der Waals surface area contributed by atoms with Crippen molar-refractivity contribution in [3.8, 4) is 0 Å². The van der Waals surface area contributed by atoms with Gasteiger partial charge in [0.1, 0.15) is 0 Å². The van der Waals surface area contributed by atoms with Gasteiger partial charge in [-0.2, -0.15) is 0 Å². The summed E-state index contributed by atoms with van der Waals surface area (Å²) in [6.45, 7) is 10.3. The normalized spacial score (nSPS) is 24.5. The summed E-state index contributed by atoms with van der Waals surface area (Å²) >= 11 is 0. The van der Waals surface area contributed by atoms with Crippen molar-refractivity contribution in [2.75, 3.05) is 19.6 Å². The van der Waals surface area contributed by atoms with Gasteiger partial charge in [-0.05, 0) is 20.8 Å². The first-order chi connectivity index (χ1) is 4.70. The zero-order valence-corrected chi connectivity index (χ0v) is 9.67. The molecule has 4 heteroatoms. The first kappa shape index (κ1) is 15.0. The van der Waals surface area contributed by atoms with E-state index in [4.69, 9.17) is 0 Å². The molecule has 1 heterocycles. The molecule has 0 radical (unpaired) electrons. The number of nitrogens with one attached hydrogen (secondary N) is 1. The van der Waals surface area contributed by atoms with Crippen LogP contribution in [0, 0.1) is 0 Å². The topological polar surface area (TPSA) is 15.3 Å². The van der Waals surface area contributed by atoms with Crippen LogP contribution in [0.15, 0.2) is 0 Å². The third-order valence-corrected chi connectivity index (χ3v) is 2.13. The van der Waals surface area contributed by atoms with Crippen molar-refractivity contribution in [2.24, 2.45) is 0 Å². The van der Waals surface area contributed by atoms with Crippen LogP contribution >= 0.6 is 24.8 Å². The monoisotopic (exact) mass is 214 g/mol. The van der Waals surface area contributed by atoms with Crippen molar-refractivity contribution in [2.45, 2.75) is 32.9 Å². The molecule has 2 nitrogen and oxygen atoms in total. The molecule has 12 heavy (non-hydrogen) atoms. The summed E-state index contributed by atoms with van der Waals surface area (Å²) in [4.78, 5) is 2.52. The standard InChI is InChI=1S/C8H18N2.2ClH/c1-7(2)10-5-4-9-8(3)6-10;;/h7-9H,4-6H2,1-3H3;2*1H/t8-;;/m0../s1. The molecule has 0 aromatic rings. The van der Waals surface area contributed by atoms with Crippen LogP contribution in [-0.4, -0.2) is 36.6 Å². The van der Waals surface area contributed by atoms with Gasteiger partial charge >= 0.3 is 0 Å². The van der Waals surface area contributed by atoms with Gasteiger partial charge in [-0.3, -0.25) is 4.90 Å². The lowest BCUT2D eigenvalue weighted by molar-refractivity contribution is 0.168. The van der Waals surface area contributed by atoms with Crippen LogP contribution in [-0.2, 0) is 0 Å². The summed E-state index contributed by atoms with van der Waals surface area (Å²) in [5.74, 6) is 0. The second-order valence-corrected chi connectivity index (χ2v) is 3.44. The fourth-order valence-corrected chi connectivity index (χ4v) is 1.43. The average Bonchev–Trinajstić information content (AvgIpc) is 1.88. The van der Waals surface area contributed by atoms with Gasteiger partial charge in [-0.25, -0.2) is 0 Å². The van der Waals surface area contributed by atoms with E-state index in [0.29, 0.717) is 12.1 Å². The van der Waals surface area contributed by atoms with E-state index >= 15 is 0 Å². The Labute approximate surface area is 87.9 Å². The van der Waals surface area contributed by atoms with Gasteiger partial charge in [0.15, 0.2) is 0 Å². The number of halogens is 2. The van der Waals surface area contributed by atoms with Crippen LogP contribution in [0.2, 0.25) is 0 Å². The van der Waals surface area contributed by atoms with E-state index in [-0.39, 0.29) is 24.8 Å². The molecule has 0 aromatic heterocycles. The van der Waals surface area contributed by atoms with Crippen LogP contribution in [0.1, 0.15) is 20.8 Å². The van der Waals surface area contributed by atoms with Crippen molar-refractivity contribution in [3.05, 3.63) is 0 Å². The highest BCUT2D eigenvalue weighted by Crippen LogP contribution is 2.02. The van der Waals surface area contributed by atoms with Crippen molar-refractivity contribution in [3.63, 3.8) is 0 Å². The number of hydrogen-bond acceptors (Lipinski definition) is 2. The summed E-state index contributed by atoms with van der Waals surface area (Å²) in [6.07, 6.45) is 0. The first-order valence-corrected chi connectivity index (χ1v) is 4.17. The Hall–Kier alpha value is 0.500. The molecular weight excluding hydrogens is 195 g/mol. The summed E-state index contributed by atoms with van der Waals surface area (Å²) in [5, 5.41) is 3.43. The van der Waals surface area contributed by atoms with E-state index in [1.54, 1.807) is 0 Å². The lowest BCUT2D eigenvalue weighted by Gasteiger charge is -2.34. The Morgan fingerprint density at radius 1 is 1.33 bits per heavy atom. The molecular formula is C8H20Cl2N2. The highest BCUT2D eigenvalue weighted by molar-refractivity contribution is 5.85. The quantitative estimate of drug-likeness (QED) is 0.713. The maximum atomic E-state index is 3.43. The summed E-state index contributed by atoms with van der Waals surface area (Å²) in [7, 11) is 0. The van der Waals surface area contributed by atoms with Gasteiger partial charge < -0.3 is 5.32 Å². The maximum Gasteiger partial charge on any atom is 0.0167 e. The fraction of sp³-hybridized carbons (Fsp3) is 1.00. The number of hydrogen-bond donors (Lipinski definition) is 1. The second kappa shape index (κ2) is 6.96. The zero-order chi connectivity index (χ0) is 7.56. The smallest absolute Gasteiger partial charge is 0.0167 e. The molecule has 0 aromatic carbocycles. The predicted molar refractivity (Wildman–Crippen MR) is 58.7 cm³/mol. The molecule has 1 saturated heterocycles. The third kappa shape index (κ3) is 4.51. The largest absolute Gasteiger partial charge is 0.312 e. The highest BCUT2D eigenvalue weighted by atomic mass is 35.5. The van der Waals surface area contributed by atoms with Gasteiger partial charge in [-0.1, -0.05) is 0 Å². The zero-order valence-electron chi connectivity index (χ0n) is 8.04. The SMILES string of the molecule is CC(C)N1CCN[C@@H](C)C1.Cl.Cl. The summed E-state index contributed by atoms with van der Waals surface area (Å²) in [5.41, 5.74) is 0. The molecule has 1 rings (SSSR count). The van der Waals surface area contributed by atoms with E-state index < -0.39 is 0 Å². The van der Waals surface area contributed by atoms with Crippen molar-refractivity contribution < 1.29 is 0 Å². The van der Waals surface area contributed by atoms with Gasteiger partial charge in [0.05, 0.1) is 0 Å². The molecule has 1 aliphatic rings. The van der Waals surface area contributed by atoms with Crippen molar-refractivity contribution >= 4 is 24.8 Å². The lowest BCUT2D eigenvalue weighted by Crippen LogP contribution is -2.51. The number of nitrogens with zero attached hydrogens (tertiary/aromatic N) is 1. The molecule has 1 N–H and O–H groups in total. The van der Waals surface area contributed by atoms with Crippen LogP contribution in [0.4, 0.5) is 0 Å². The Balaban J connectivity index is 0. The van der Waals surface area contributed by atoms with E-state index in [9.17, 15) is 0 Å². The Kier molecular flexibility index (Phi) is 8.69. The molecule has 0 aliphatic carbocycles. The summed E-state index contributed by atoms with van der Waals surface area (Å²) in [6, 6.07) is 1.39. The maximum absolute atomic E-state index is 3.43. The number of piperazine rings is 1. The van der Waals surface area contributed by atoms with E-state index in [1.165, 1.54) is 13.1 Å². The van der Waals surface area contributed by atoms with Crippen LogP contribution in [0.25, 0.3) is 0 Å². The Bertz CT molecular complexity index is 109. The van der Waals surface area contributed by atoms with Crippen molar-refractivity contribution in [1.29, 1.82) is 0 Å². The van der Waals surface area contributed by atoms with Crippen LogP contribution in [0.5, 0.6) is 0 Å². The van der Waals surface area contributed by atoms with E-state index in [0.717, 1.165) is 6.54 Å². The minimum atomic E-state index is 0. The molecule has 0 saturated carbocycles. The first-order valence-electron chi connectivity index (χ1n) is 4.17. The fourth-order valence-electron chi connectivity index (χ4n) is 1.43. The summed E-state index contributed by atoms with van der Waals surface area (Å²) < 4.78 is 0. The van der Waals surface area contributed by atoms with Crippen molar-refractivity contribution in [1.82, 2.24) is 10.2 Å². The lowest BCUT2D eigenvalue weighted by atomic mass is 10.2. The Morgan fingerprint density at radius 3 is 2.25 bits per heavy atom. The Morgan fingerprint density at radius 2 is 1.92 bits per heavy atom. The molecule has 76 valence electrons. The van der Waals surface area contributed by atoms with E-state index in [2.05, 4.69) is 31.0 Å². The molecule has 0 bridgehead atoms. The minimum absolute atomic E-state index is 0. The number of rotatable bonds is 1. The molecule has 0 amide bonds. The molecule has 1 atom stereocenters. The highest BCUT2D eigenvalue weighted by Gasteiger charge is 2.16. The second-order valence-electron chi connectivity index (χ2n) is 3.44. The molecule has 1 fully saturated rings.